The summed E-state index contributed by atoms with van der Waals surface area (Å²) in [7, 11) is 0. The molecule has 4 atom stereocenters. The summed E-state index contributed by atoms with van der Waals surface area (Å²) < 4.78 is 5.57. The molecule has 1 aliphatic heterocycles. The summed E-state index contributed by atoms with van der Waals surface area (Å²) in [5, 5.41) is 30.9. The van der Waals surface area contributed by atoms with Crippen molar-refractivity contribution in [3.63, 3.8) is 0 Å². The van der Waals surface area contributed by atoms with E-state index in [1.807, 2.05) is 26.0 Å². The molecule has 1 aromatic carbocycles. The maximum atomic E-state index is 13.5. The Balaban J connectivity index is 1.56. The SMILES string of the molecule is CCC1=C([C@H](O)CC/C(=C/c2ccc(CO)o2)CC)[C@H](CO)[C@@H]2C(=O)N(c3ccccc3)C(=O)[C@@H]2C1. The topological polar surface area (TPSA) is 111 Å². The molecule has 0 bridgehead atoms. The number of nitrogens with zero attached hydrogens (tertiary/aromatic N) is 1. The lowest BCUT2D eigenvalue weighted by Gasteiger charge is -2.36. The number of furan rings is 1. The van der Waals surface area contributed by atoms with Crippen LogP contribution in [0.25, 0.3) is 6.08 Å². The van der Waals surface area contributed by atoms with Crippen LogP contribution < -0.4 is 4.90 Å². The van der Waals surface area contributed by atoms with E-state index in [1.54, 1.807) is 36.4 Å². The van der Waals surface area contributed by atoms with Crippen molar-refractivity contribution >= 4 is 23.6 Å². The fourth-order valence-electron chi connectivity index (χ4n) is 5.72. The number of rotatable bonds is 10. The Hall–Kier alpha value is -3.00. The van der Waals surface area contributed by atoms with E-state index in [0.717, 1.165) is 17.6 Å². The lowest BCUT2D eigenvalue weighted by atomic mass is 9.67. The molecule has 1 aromatic heterocycles. The second-order valence-electron chi connectivity index (χ2n) is 9.56. The number of hydrogen-bond acceptors (Lipinski definition) is 6. The second-order valence-corrected chi connectivity index (χ2v) is 9.56. The van der Waals surface area contributed by atoms with Crippen molar-refractivity contribution in [2.45, 2.75) is 58.7 Å². The molecule has 0 spiro atoms. The first-order valence-corrected chi connectivity index (χ1v) is 12.8. The van der Waals surface area contributed by atoms with Crippen molar-refractivity contribution in [3.8, 4) is 0 Å². The number of fused-ring (bicyclic) bond motifs is 1. The normalized spacial score (nSPS) is 23.4. The number of anilines is 1. The van der Waals surface area contributed by atoms with Crippen LogP contribution in [0.2, 0.25) is 0 Å². The molecule has 1 aliphatic carbocycles. The Morgan fingerprint density at radius 3 is 2.47 bits per heavy atom. The highest BCUT2D eigenvalue weighted by molar-refractivity contribution is 6.22. The lowest BCUT2D eigenvalue weighted by molar-refractivity contribution is -0.123. The Morgan fingerprint density at radius 2 is 1.86 bits per heavy atom. The third-order valence-corrected chi connectivity index (χ3v) is 7.56. The van der Waals surface area contributed by atoms with Crippen LogP contribution in [0.5, 0.6) is 0 Å². The maximum Gasteiger partial charge on any atom is 0.238 e. The average Bonchev–Trinajstić information content (AvgIpc) is 3.47. The van der Waals surface area contributed by atoms with E-state index in [9.17, 15) is 24.9 Å². The molecule has 7 heteroatoms. The predicted molar refractivity (Wildman–Crippen MR) is 137 cm³/mol. The van der Waals surface area contributed by atoms with Gasteiger partial charge < -0.3 is 19.7 Å². The molecule has 2 amide bonds. The number of carbonyl (C=O) groups is 2. The maximum absolute atomic E-state index is 13.5. The van der Waals surface area contributed by atoms with E-state index in [0.29, 0.717) is 48.5 Å². The van der Waals surface area contributed by atoms with Gasteiger partial charge in [-0.25, -0.2) is 0 Å². The zero-order valence-electron chi connectivity index (χ0n) is 20.9. The van der Waals surface area contributed by atoms with Crippen LogP contribution >= 0.6 is 0 Å². The fraction of sp³-hybridized carbons (Fsp3) is 0.448. The van der Waals surface area contributed by atoms with Crippen molar-refractivity contribution in [3.05, 3.63) is 70.7 Å². The van der Waals surface area contributed by atoms with Gasteiger partial charge in [-0.2, -0.15) is 0 Å². The van der Waals surface area contributed by atoms with Crippen LogP contribution in [0, 0.1) is 17.8 Å². The number of benzene rings is 1. The van der Waals surface area contributed by atoms with Gasteiger partial charge in [0.25, 0.3) is 0 Å². The predicted octanol–water partition coefficient (Wildman–Crippen LogP) is 4.23. The van der Waals surface area contributed by atoms with Crippen molar-refractivity contribution in [2.24, 2.45) is 17.8 Å². The first-order chi connectivity index (χ1) is 17.4. The molecular weight excluding hydrogens is 458 g/mol. The molecular formula is C29H35NO6. The Morgan fingerprint density at radius 1 is 1.11 bits per heavy atom. The molecule has 0 saturated carbocycles. The first kappa shape index (κ1) is 26.1. The van der Waals surface area contributed by atoms with E-state index in [1.165, 1.54) is 4.90 Å². The summed E-state index contributed by atoms with van der Waals surface area (Å²) >= 11 is 0. The number of aliphatic hydroxyl groups excluding tert-OH is 3. The van der Waals surface area contributed by atoms with E-state index in [4.69, 9.17) is 4.42 Å². The number of imide groups is 1. The van der Waals surface area contributed by atoms with Crippen molar-refractivity contribution in [1.82, 2.24) is 0 Å². The molecule has 2 heterocycles. The fourth-order valence-corrected chi connectivity index (χ4v) is 5.72. The van der Waals surface area contributed by atoms with Gasteiger partial charge in [-0.15, -0.1) is 0 Å². The minimum Gasteiger partial charge on any atom is -0.459 e. The van der Waals surface area contributed by atoms with Gasteiger partial charge in [0.05, 0.1) is 30.2 Å². The molecule has 2 aliphatic rings. The van der Waals surface area contributed by atoms with Gasteiger partial charge in [0.1, 0.15) is 18.1 Å². The molecule has 3 N–H and O–H groups in total. The van der Waals surface area contributed by atoms with Crippen LogP contribution in [0.15, 0.2) is 63.6 Å². The third-order valence-electron chi connectivity index (χ3n) is 7.56. The smallest absolute Gasteiger partial charge is 0.238 e. The Labute approximate surface area is 211 Å². The zero-order chi connectivity index (χ0) is 25.8. The zero-order valence-corrected chi connectivity index (χ0v) is 20.9. The van der Waals surface area contributed by atoms with Gasteiger partial charge >= 0.3 is 0 Å². The number of carbonyl (C=O) groups excluding carboxylic acids is 2. The van der Waals surface area contributed by atoms with Crippen molar-refractivity contribution in [1.29, 1.82) is 0 Å². The lowest BCUT2D eigenvalue weighted by Crippen LogP contribution is -2.39. The van der Waals surface area contributed by atoms with Gasteiger partial charge in [0.15, 0.2) is 0 Å². The molecule has 192 valence electrons. The van der Waals surface area contributed by atoms with Gasteiger partial charge in [0.2, 0.25) is 11.8 Å². The van der Waals surface area contributed by atoms with Crippen molar-refractivity contribution < 1.29 is 29.3 Å². The Kier molecular flexibility index (Phi) is 8.24. The summed E-state index contributed by atoms with van der Waals surface area (Å²) in [4.78, 5) is 28.0. The van der Waals surface area contributed by atoms with Crippen molar-refractivity contribution in [2.75, 3.05) is 11.5 Å². The van der Waals surface area contributed by atoms with Gasteiger partial charge in [0, 0.05) is 5.92 Å². The van der Waals surface area contributed by atoms with Gasteiger partial charge in [-0.05, 0) is 68.0 Å². The van der Waals surface area contributed by atoms with Crippen LogP contribution in [0.3, 0.4) is 0 Å². The number of hydrogen-bond donors (Lipinski definition) is 3. The number of para-hydroxylation sites is 1. The quantitative estimate of drug-likeness (QED) is 0.337. The molecule has 2 aromatic rings. The highest BCUT2D eigenvalue weighted by Gasteiger charge is 2.55. The standard InChI is InChI=1S/C29H35NO6/c1-3-18(14-21-11-12-22(16-31)36-21)10-13-25(33)26-19(4-2)15-23-27(24(26)17-32)29(35)30(28(23)34)20-8-6-5-7-9-20/h5-9,11-12,14,23-25,27,31-33H,3-4,10,13,15-17H2,1-2H3/b18-14+/t23-,24+,25-,27-/m1/s1. The summed E-state index contributed by atoms with van der Waals surface area (Å²) in [6, 6.07) is 12.4. The molecule has 36 heavy (non-hydrogen) atoms. The summed E-state index contributed by atoms with van der Waals surface area (Å²) in [6.45, 7) is 3.56. The summed E-state index contributed by atoms with van der Waals surface area (Å²) in [5.41, 5.74) is 3.30. The molecule has 4 rings (SSSR count). The Bertz CT molecular complexity index is 1150. The number of amides is 2. The van der Waals surface area contributed by atoms with E-state index in [-0.39, 0.29) is 25.0 Å². The second kappa shape index (κ2) is 11.4. The summed E-state index contributed by atoms with van der Waals surface area (Å²) in [5.74, 6) is -1.17. The highest BCUT2D eigenvalue weighted by atomic mass is 16.4. The minimum absolute atomic E-state index is 0.157. The summed E-state index contributed by atoms with van der Waals surface area (Å²) in [6.07, 6.45) is 3.99. The monoisotopic (exact) mass is 493 g/mol. The van der Waals surface area contributed by atoms with Crippen LogP contribution in [0.4, 0.5) is 5.69 Å². The third kappa shape index (κ3) is 4.96. The molecule has 0 radical (unpaired) electrons. The molecule has 1 fully saturated rings. The largest absolute Gasteiger partial charge is 0.459 e. The van der Waals surface area contributed by atoms with Crippen LogP contribution in [-0.4, -0.2) is 39.8 Å². The van der Waals surface area contributed by atoms with E-state index >= 15 is 0 Å². The number of aliphatic hydroxyl groups is 3. The molecule has 1 saturated heterocycles. The highest BCUT2D eigenvalue weighted by Crippen LogP contribution is 2.47. The van der Waals surface area contributed by atoms with Crippen LogP contribution in [0.1, 0.15) is 57.5 Å². The van der Waals surface area contributed by atoms with Gasteiger partial charge in [-0.1, -0.05) is 43.2 Å². The van der Waals surface area contributed by atoms with Gasteiger partial charge in [-0.3, -0.25) is 14.5 Å². The molecule has 7 nitrogen and oxygen atoms in total. The number of allylic oxidation sites excluding steroid dienone is 2. The van der Waals surface area contributed by atoms with Crippen LogP contribution in [-0.2, 0) is 16.2 Å². The molecule has 0 unspecified atom stereocenters. The first-order valence-electron chi connectivity index (χ1n) is 12.8. The van der Waals surface area contributed by atoms with E-state index in [2.05, 4.69) is 0 Å². The van der Waals surface area contributed by atoms with E-state index < -0.39 is 23.9 Å². The average molecular weight is 494 g/mol. The minimum atomic E-state index is -0.828.